The highest BCUT2D eigenvalue weighted by Gasteiger charge is 2.47. The zero-order valence-electron chi connectivity index (χ0n) is 10.4. The summed E-state index contributed by atoms with van der Waals surface area (Å²) in [6.07, 6.45) is 8.25. The van der Waals surface area contributed by atoms with Crippen LogP contribution in [-0.2, 0) is 0 Å². The normalized spacial score (nSPS) is 37.5. The van der Waals surface area contributed by atoms with E-state index in [4.69, 9.17) is 0 Å². The molecule has 0 bridgehead atoms. The van der Waals surface area contributed by atoms with Crippen molar-refractivity contribution in [3.8, 4) is 0 Å². The number of hydrogen-bond acceptors (Lipinski definition) is 1. The van der Waals surface area contributed by atoms with E-state index >= 15 is 0 Å². The third-order valence-corrected chi connectivity index (χ3v) is 4.92. The highest BCUT2D eigenvalue weighted by Crippen LogP contribution is 2.51. The fourth-order valence-electron chi connectivity index (χ4n) is 4.02. The SMILES string of the molecule is O[C@@]12CCCCC[C@@H]1[C@H](c1ccccc1)CC2. The molecule has 0 aliphatic heterocycles. The van der Waals surface area contributed by atoms with Crippen LogP contribution in [0.15, 0.2) is 30.3 Å². The summed E-state index contributed by atoms with van der Waals surface area (Å²) in [5.74, 6) is 1.10. The lowest BCUT2D eigenvalue weighted by Gasteiger charge is -2.31. The number of benzene rings is 1. The molecule has 0 saturated heterocycles. The van der Waals surface area contributed by atoms with Crippen LogP contribution < -0.4 is 0 Å². The van der Waals surface area contributed by atoms with Crippen LogP contribution in [-0.4, -0.2) is 10.7 Å². The molecule has 1 aromatic rings. The molecule has 0 unspecified atom stereocenters. The predicted molar refractivity (Wildman–Crippen MR) is 69.9 cm³/mol. The predicted octanol–water partition coefficient (Wildman–Crippen LogP) is 3.88. The van der Waals surface area contributed by atoms with Crippen LogP contribution in [0.2, 0.25) is 0 Å². The molecule has 17 heavy (non-hydrogen) atoms. The lowest BCUT2D eigenvalue weighted by molar-refractivity contribution is -0.00697. The van der Waals surface area contributed by atoms with Gasteiger partial charge in [0.1, 0.15) is 0 Å². The van der Waals surface area contributed by atoms with E-state index in [1.165, 1.54) is 37.7 Å². The van der Waals surface area contributed by atoms with E-state index in [-0.39, 0.29) is 5.60 Å². The van der Waals surface area contributed by atoms with Gasteiger partial charge in [0.2, 0.25) is 0 Å². The first-order chi connectivity index (χ1) is 8.30. The molecule has 0 aromatic heterocycles. The van der Waals surface area contributed by atoms with Crippen molar-refractivity contribution >= 4 is 0 Å². The molecule has 1 aromatic carbocycles. The van der Waals surface area contributed by atoms with Crippen molar-refractivity contribution < 1.29 is 5.11 Å². The van der Waals surface area contributed by atoms with E-state index in [1.54, 1.807) is 0 Å². The Hall–Kier alpha value is -0.820. The van der Waals surface area contributed by atoms with Crippen LogP contribution in [0.4, 0.5) is 0 Å². The largest absolute Gasteiger partial charge is 0.390 e. The Morgan fingerprint density at radius 1 is 0.941 bits per heavy atom. The van der Waals surface area contributed by atoms with Crippen molar-refractivity contribution in [1.29, 1.82) is 0 Å². The molecule has 2 aliphatic rings. The fraction of sp³-hybridized carbons (Fsp3) is 0.625. The zero-order chi connectivity index (χ0) is 11.7. The molecule has 1 N–H and O–H groups in total. The van der Waals surface area contributed by atoms with Crippen LogP contribution in [0.25, 0.3) is 0 Å². The molecular formula is C16H22O. The van der Waals surface area contributed by atoms with Gasteiger partial charge >= 0.3 is 0 Å². The van der Waals surface area contributed by atoms with Crippen LogP contribution >= 0.6 is 0 Å². The Labute approximate surface area is 104 Å². The second-order valence-electron chi connectivity index (χ2n) is 5.87. The zero-order valence-corrected chi connectivity index (χ0v) is 10.4. The van der Waals surface area contributed by atoms with E-state index in [0.717, 1.165) is 12.8 Å². The lowest BCUT2D eigenvalue weighted by Crippen LogP contribution is -2.33. The van der Waals surface area contributed by atoms with Gasteiger partial charge in [-0.25, -0.2) is 0 Å². The Balaban J connectivity index is 1.88. The topological polar surface area (TPSA) is 20.2 Å². The molecule has 1 heteroatoms. The Morgan fingerprint density at radius 2 is 1.76 bits per heavy atom. The van der Waals surface area contributed by atoms with Crippen LogP contribution in [0.5, 0.6) is 0 Å². The summed E-state index contributed by atoms with van der Waals surface area (Å²) < 4.78 is 0. The average molecular weight is 230 g/mol. The summed E-state index contributed by atoms with van der Waals surface area (Å²) >= 11 is 0. The summed E-state index contributed by atoms with van der Waals surface area (Å²) in [7, 11) is 0. The Morgan fingerprint density at radius 3 is 2.59 bits per heavy atom. The molecule has 2 aliphatic carbocycles. The van der Waals surface area contributed by atoms with Crippen LogP contribution in [0.1, 0.15) is 56.4 Å². The van der Waals surface area contributed by atoms with Crippen molar-refractivity contribution in [3.05, 3.63) is 35.9 Å². The first-order valence-electron chi connectivity index (χ1n) is 7.07. The summed E-state index contributed by atoms with van der Waals surface area (Å²) in [6, 6.07) is 10.8. The highest BCUT2D eigenvalue weighted by atomic mass is 16.3. The summed E-state index contributed by atoms with van der Waals surface area (Å²) in [6.45, 7) is 0. The molecular weight excluding hydrogens is 208 g/mol. The van der Waals surface area contributed by atoms with Gasteiger partial charge in [-0.05, 0) is 43.1 Å². The van der Waals surface area contributed by atoms with E-state index in [2.05, 4.69) is 30.3 Å². The van der Waals surface area contributed by atoms with Crippen molar-refractivity contribution in [1.82, 2.24) is 0 Å². The van der Waals surface area contributed by atoms with Gasteiger partial charge in [0.25, 0.3) is 0 Å². The minimum absolute atomic E-state index is 0.350. The molecule has 0 spiro atoms. The lowest BCUT2D eigenvalue weighted by atomic mass is 9.79. The van der Waals surface area contributed by atoms with E-state index < -0.39 is 0 Å². The number of aliphatic hydroxyl groups is 1. The number of hydrogen-bond donors (Lipinski definition) is 1. The van der Waals surface area contributed by atoms with Crippen LogP contribution in [0.3, 0.4) is 0 Å². The second kappa shape index (κ2) is 4.45. The molecule has 0 radical (unpaired) electrons. The fourth-order valence-corrected chi connectivity index (χ4v) is 4.02. The van der Waals surface area contributed by atoms with Crippen molar-refractivity contribution in [2.45, 2.75) is 56.5 Å². The van der Waals surface area contributed by atoms with Gasteiger partial charge < -0.3 is 5.11 Å². The molecule has 2 saturated carbocycles. The van der Waals surface area contributed by atoms with E-state index in [0.29, 0.717) is 11.8 Å². The minimum Gasteiger partial charge on any atom is -0.390 e. The first-order valence-corrected chi connectivity index (χ1v) is 7.07. The third-order valence-electron chi connectivity index (χ3n) is 4.92. The van der Waals surface area contributed by atoms with Crippen molar-refractivity contribution in [2.24, 2.45) is 5.92 Å². The monoisotopic (exact) mass is 230 g/mol. The molecule has 1 nitrogen and oxygen atoms in total. The summed E-state index contributed by atoms with van der Waals surface area (Å²) in [5, 5.41) is 10.8. The molecule has 0 heterocycles. The standard InChI is InChI=1S/C16H22O/c17-16-11-6-2-5-9-15(16)14(10-12-16)13-7-3-1-4-8-13/h1,3-4,7-8,14-15,17H,2,5-6,9-12H2/t14-,15+,16+/m0/s1. The molecule has 3 atom stereocenters. The van der Waals surface area contributed by atoms with Gasteiger partial charge in [0.15, 0.2) is 0 Å². The summed E-state index contributed by atoms with van der Waals surface area (Å²) in [4.78, 5) is 0. The van der Waals surface area contributed by atoms with Crippen molar-refractivity contribution in [3.63, 3.8) is 0 Å². The maximum absolute atomic E-state index is 10.8. The van der Waals surface area contributed by atoms with Gasteiger partial charge in [-0.3, -0.25) is 0 Å². The third kappa shape index (κ3) is 2.01. The maximum atomic E-state index is 10.8. The second-order valence-corrected chi connectivity index (χ2v) is 5.87. The van der Waals surface area contributed by atoms with E-state index in [9.17, 15) is 5.11 Å². The molecule has 92 valence electrons. The number of rotatable bonds is 1. The summed E-state index contributed by atoms with van der Waals surface area (Å²) in [5.41, 5.74) is 1.09. The van der Waals surface area contributed by atoms with E-state index in [1.807, 2.05) is 0 Å². The van der Waals surface area contributed by atoms with Gasteiger partial charge in [-0.2, -0.15) is 0 Å². The van der Waals surface area contributed by atoms with Gasteiger partial charge in [0, 0.05) is 0 Å². The van der Waals surface area contributed by atoms with Crippen LogP contribution in [0, 0.1) is 5.92 Å². The Kier molecular flexibility index (Phi) is 2.96. The van der Waals surface area contributed by atoms with Gasteiger partial charge in [-0.15, -0.1) is 0 Å². The molecule has 3 rings (SSSR count). The van der Waals surface area contributed by atoms with Crippen molar-refractivity contribution in [2.75, 3.05) is 0 Å². The highest BCUT2D eigenvalue weighted by molar-refractivity contribution is 5.23. The quantitative estimate of drug-likeness (QED) is 0.776. The first kappa shape index (κ1) is 11.3. The van der Waals surface area contributed by atoms with Gasteiger partial charge in [0.05, 0.1) is 5.60 Å². The number of fused-ring (bicyclic) bond motifs is 1. The molecule has 0 amide bonds. The van der Waals surface area contributed by atoms with Gasteiger partial charge in [-0.1, -0.05) is 49.6 Å². The maximum Gasteiger partial charge on any atom is 0.0681 e. The minimum atomic E-state index is -0.350. The smallest absolute Gasteiger partial charge is 0.0681 e. The Bertz CT molecular complexity index is 372. The average Bonchev–Trinajstić information content (AvgIpc) is 2.56. The molecule has 2 fully saturated rings.